The lowest BCUT2D eigenvalue weighted by Gasteiger charge is -2.23. The number of amides is 2. The minimum Gasteiger partial charge on any atom is -0.508 e. The molecule has 25 heavy (non-hydrogen) atoms. The molecule has 0 aromatic heterocycles. The Morgan fingerprint density at radius 3 is 2.28 bits per heavy atom. The number of phenolic OH excluding ortho intramolecular Hbond substituents is 1. The summed E-state index contributed by atoms with van der Waals surface area (Å²) in [4.78, 5) is 36.0. The molecule has 0 heterocycles. The van der Waals surface area contributed by atoms with E-state index in [1.54, 1.807) is 13.8 Å². The third-order valence-corrected chi connectivity index (χ3v) is 3.66. The van der Waals surface area contributed by atoms with E-state index in [1.165, 1.54) is 24.3 Å². The van der Waals surface area contributed by atoms with Crippen LogP contribution in [-0.4, -0.2) is 47.3 Å². The summed E-state index contributed by atoms with van der Waals surface area (Å²) in [5, 5.41) is 14.2. The first kappa shape index (κ1) is 20.8. The number of rotatable bonds is 8. The van der Waals surface area contributed by atoms with Gasteiger partial charge in [0.25, 0.3) is 0 Å². The van der Waals surface area contributed by atoms with E-state index >= 15 is 0 Å². The SMILES string of the molecule is CC(C)[C@H](NC(=O)[C@H](CS)NC(=O)CN)C(=O)Oc1ccc(O)cc1. The van der Waals surface area contributed by atoms with E-state index in [0.717, 1.165) is 0 Å². The second kappa shape index (κ2) is 9.90. The summed E-state index contributed by atoms with van der Waals surface area (Å²) in [7, 11) is 0. The Balaban J connectivity index is 2.77. The van der Waals surface area contributed by atoms with E-state index in [-0.39, 0.29) is 29.7 Å². The molecular formula is C16H23N3O5S. The summed E-state index contributed by atoms with van der Waals surface area (Å²) in [6, 6.07) is 3.80. The molecule has 0 aliphatic rings. The highest BCUT2D eigenvalue weighted by molar-refractivity contribution is 7.80. The van der Waals surface area contributed by atoms with Gasteiger partial charge in [-0.25, -0.2) is 4.79 Å². The maximum absolute atomic E-state index is 12.3. The number of phenols is 1. The van der Waals surface area contributed by atoms with Crippen LogP contribution in [0.25, 0.3) is 0 Å². The van der Waals surface area contributed by atoms with E-state index < -0.39 is 29.9 Å². The van der Waals surface area contributed by atoms with Gasteiger partial charge in [0.15, 0.2) is 0 Å². The van der Waals surface area contributed by atoms with E-state index in [9.17, 15) is 19.5 Å². The normalized spacial score (nSPS) is 13.0. The van der Waals surface area contributed by atoms with Crippen molar-refractivity contribution in [2.45, 2.75) is 25.9 Å². The lowest BCUT2D eigenvalue weighted by Crippen LogP contribution is -2.55. The highest BCUT2D eigenvalue weighted by Crippen LogP contribution is 2.17. The van der Waals surface area contributed by atoms with Gasteiger partial charge in [0.05, 0.1) is 6.54 Å². The Hall–Kier alpha value is -2.26. The maximum atomic E-state index is 12.3. The number of carbonyl (C=O) groups is 3. The first-order valence-electron chi connectivity index (χ1n) is 7.69. The molecule has 8 nitrogen and oxygen atoms in total. The molecule has 138 valence electrons. The summed E-state index contributed by atoms with van der Waals surface area (Å²) in [6.07, 6.45) is 0. The summed E-state index contributed by atoms with van der Waals surface area (Å²) >= 11 is 4.03. The van der Waals surface area contributed by atoms with E-state index in [0.29, 0.717) is 0 Å². The number of aromatic hydroxyl groups is 1. The zero-order valence-electron chi connectivity index (χ0n) is 14.1. The predicted molar refractivity (Wildman–Crippen MR) is 95.3 cm³/mol. The van der Waals surface area contributed by atoms with Gasteiger partial charge in [0, 0.05) is 5.75 Å². The number of benzene rings is 1. The molecule has 9 heteroatoms. The number of esters is 1. The standard InChI is InChI=1S/C16H23N3O5S/c1-9(2)14(16(23)24-11-5-3-10(20)4-6-11)19-15(22)12(8-25)18-13(21)7-17/h3-6,9,12,14,20,25H,7-8,17H2,1-2H3,(H,18,21)(H,19,22)/t12-,14-/m0/s1. The van der Waals surface area contributed by atoms with E-state index in [2.05, 4.69) is 23.3 Å². The first-order chi connectivity index (χ1) is 11.8. The lowest BCUT2D eigenvalue weighted by molar-refractivity contribution is -0.141. The van der Waals surface area contributed by atoms with Crippen molar-refractivity contribution < 1.29 is 24.2 Å². The molecule has 2 atom stereocenters. The topological polar surface area (TPSA) is 131 Å². The van der Waals surface area contributed by atoms with Gasteiger partial charge >= 0.3 is 5.97 Å². The van der Waals surface area contributed by atoms with Crippen molar-refractivity contribution in [1.82, 2.24) is 10.6 Å². The van der Waals surface area contributed by atoms with Gasteiger partial charge in [-0.1, -0.05) is 13.8 Å². The molecule has 1 rings (SSSR count). The van der Waals surface area contributed by atoms with Gasteiger partial charge in [-0.05, 0) is 30.2 Å². The largest absolute Gasteiger partial charge is 0.508 e. The van der Waals surface area contributed by atoms with Gasteiger partial charge in [0.2, 0.25) is 11.8 Å². The van der Waals surface area contributed by atoms with Gasteiger partial charge in [0.1, 0.15) is 23.6 Å². The van der Waals surface area contributed by atoms with Gasteiger partial charge in [-0.2, -0.15) is 12.6 Å². The smallest absolute Gasteiger partial charge is 0.334 e. The Bertz CT molecular complexity index is 606. The minimum atomic E-state index is -0.918. The van der Waals surface area contributed by atoms with Crippen LogP contribution in [0, 0.1) is 5.92 Å². The average molecular weight is 369 g/mol. The minimum absolute atomic E-state index is 0.0424. The Kier molecular flexibility index (Phi) is 8.23. The van der Waals surface area contributed by atoms with Crippen molar-refractivity contribution in [3.05, 3.63) is 24.3 Å². The molecular weight excluding hydrogens is 346 g/mol. The number of nitrogens with one attached hydrogen (secondary N) is 2. The second-order valence-electron chi connectivity index (χ2n) is 5.65. The third kappa shape index (κ3) is 6.63. The fourth-order valence-electron chi connectivity index (χ4n) is 1.89. The van der Waals surface area contributed by atoms with Gasteiger partial charge < -0.3 is 26.2 Å². The quantitative estimate of drug-likeness (QED) is 0.245. The van der Waals surface area contributed by atoms with Crippen molar-refractivity contribution in [2.75, 3.05) is 12.3 Å². The summed E-state index contributed by atoms with van der Waals surface area (Å²) < 4.78 is 5.22. The molecule has 0 fully saturated rings. The molecule has 1 aromatic carbocycles. The van der Waals surface area contributed by atoms with E-state index in [4.69, 9.17) is 10.5 Å². The van der Waals surface area contributed by atoms with Crippen molar-refractivity contribution in [1.29, 1.82) is 0 Å². The van der Waals surface area contributed by atoms with Gasteiger partial charge in [-0.3, -0.25) is 9.59 Å². The van der Waals surface area contributed by atoms with Crippen molar-refractivity contribution in [3.8, 4) is 11.5 Å². The first-order valence-corrected chi connectivity index (χ1v) is 8.33. The third-order valence-electron chi connectivity index (χ3n) is 3.29. The Labute approximate surface area is 151 Å². The van der Waals surface area contributed by atoms with Gasteiger partial charge in [-0.15, -0.1) is 0 Å². The van der Waals surface area contributed by atoms with Crippen LogP contribution in [0.3, 0.4) is 0 Å². The maximum Gasteiger partial charge on any atom is 0.334 e. The molecule has 0 bridgehead atoms. The Morgan fingerprint density at radius 2 is 1.80 bits per heavy atom. The molecule has 0 aliphatic heterocycles. The number of carbonyl (C=O) groups excluding carboxylic acids is 3. The Morgan fingerprint density at radius 1 is 1.20 bits per heavy atom. The molecule has 0 aliphatic carbocycles. The van der Waals surface area contributed by atoms with Crippen LogP contribution in [0.15, 0.2) is 24.3 Å². The molecule has 0 saturated carbocycles. The molecule has 0 radical (unpaired) electrons. The van der Waals surface area contributed by atoms with Crippen LogP contribution in [0.4, 0.5) is 0 Å². The second-order valence-corrected chi connectivity index (χ2v) is 6.02. The summed E-state index contributed by atoms with van der Waals surface area (Å²) in [6.45, 7) is 3.24. The zero-order valence-corrected chi connectivity index (χ0v) is 15.0. The molecule has 0 unspecified atom stereocenters. The van der Waals surface area contributed by atoms with Crippen molar-refractivity contribution in [2.24, 2.45) is 11.7 Å². The summed E-state index contributed by atoms with van der Waals surface area (Å²) in [5.74, 6) is -1.63. The highest BCUT2D eigenvalue weighted by Gasteiger charge is 2.29. The molecule has 2 amide bonds. The number of ether oxygens (including phenoxy) is 1. The molecule has 5 N–H and O–H groups in total. The van der Waals surface area contributed by atoms with Crippen LogP contribution in [0.1, 0.15) is 13.8 Å². The fraction of sp³-hybridized carbons (Fsp3) is 0.438. The lowest BCUT2D eigenvalue weighted by atomic mass is 10.0. The molecule has 0 saturated heterocycles. The highest BCUT2D eigenvalue weighted by atomic mass is 32.1. The number of nitrogens with two attached hydrogens (primary N) is 1. The number of thiol groups is 1. The molecule has 1 aromatic rings. The van der Waals surface area contributed by atoms with Crippen LogP contribution in [-0.2, 0) is 14.4 Å². The van der Waals surface area contributed by atoms with Crippen LogP contribution >= 0.6 is 12.6 Å². The zero-order chi connectivity index (χ0) is 19.0. The van der Waals surface area contributed by atoms with E-state index in [1.807, 2.05) is 0 Å². The number of hydrogen-bond acceptors (Lipinski definition) is 7. The summed E-state index contributed by atoms with van der Waals surface area (Å²) in [5.41, 5.74) is 5.21. The monoisotopic (exact) mass is 369 g/mol. The van der Waals surface area contributed by atoms with Crippen LogP contribution in [0.5, 0.6) is 11.5 Å². The van der Waals surface area contributed by atoms with Crippen LogP contribution < -0.4 is 21.1 Å². The average Bonchev–Trinajstić information content (AvgIpc) is 2.58. The van der Waals surface area contributed by atoms with Crippen molar-refractivity contribution >= 4 is 30.4 Å². The molecule has 0 spiro atoms. The predicted octanol–water partition coefficient (Wildman–Crippen LogP) is -0.188. The fourth-order valence-corrected chi connectivity index (χ4v) is 2.15. The van der Waals surface area contributed by atoms with Crippen LogP contribution in [0.2, 0.25) is 0 Å². The van der Waals surface area contributed by atoms with Crippen molar-refractivity contribution in [3.63, 3.8) is 0 Å². The number of hydrogen-bond donors (Lipinski definition) is 5.